The molecule has 59 heavy (non-hydrogen) atoms. The Hall–Kier alpha value is -7.40. The Balaban J connectivity index is 1.02. The Morgan fingerprint density at radius 3 is 0.627 bits per heavy atom. The molecule has 0 aliphatic rings. The lowest BCUT2D eigenvalue weighted by molar-refractivity contribution is 1.18. The summed E-state index contributed by atoms with van der Waals surface area (Å²) in [5.41, 5.74) is 10.9. The molecule has 0 aliphatic heterocycles. The van der Waals surface area contributed by atoms with Crippen molar-refractivity contribution in [2.75, 3.05) is 0 Å². The van der Waals surface area contributed by atoms with Gasteiger partial charge in [0.1, 0.15) is 8.07 Å². The number of hydrogen-bond acceptors (Lipinski definition) is 0. The van der Waals surface area contributed by atoms with Crippen molar-refractivity contribution in [2.24, 2.45) is 0 Å². The lowest BCUT2D eigenvalue weighted by atomic mass is 10.2. The van der Waals surface area contributed by atoms with Crippen LogP contribution >= 0.6 is 0 Å². The molecule has 3 nitrogen and oxygen atoms in total. The molecule has 0 fully saturated rings. The van der Waals surface area contributed by atoms with Crippen LogP contribution < -0.4 is 15.6 Å². The summed E-state index contributed by atoms with van der Waals surface area (Å²) in [6.45, 7) is 2.52. The second kappa shape index (κ2) is 13.1. The van der Waals surface area contributed by atoms with Gasteiger partial charge in [-0.1, -0.05) is 152 Å². The zero-order chi connectivity index (χ0) is 39.1. The van der Waals surface area contributed by atoms with Gasteiger partial charge in [-0.05, 0) is 88.4 Å². The largest absolute Gasteiger partial charge is 0.309 e. The third kappa shape index (κ3) is 5.00. The van der Waals surface area contributed by atoms with Crippen LogP contribution in [0.25, 0.3) is 82.5 Å². The van der Waals surface area contributed by atoms with Crippen LogP contribution in [0.4, 0.5) is 0 Å². The van der Waals surface area contributed by atoms with Crippen LogP contribution in [0.5, 0.6) is 0 Å². The van der Waals surface area contributed by atoms with Crippen molar-refractivity contribution in [3.8, 4) is 17.1 Å². The summed E-state index contributed by atoms with van der Waals surface area (Å²) in [6, 6.07) is 80.9. The molecule has 0 saturated carbocycles. The van der Waals surface area contributed by atoms with Crippen molar-refractivity contribution >= 4 is 89.1 Å². The van der Waals surface area contributed by atoms with E-state index in [2.05, 4.69) is 239 Å². The monoisotopic (exact) mass is 769 g/mol. The fourth-order valence-corrected chi connectivity index (χ4v) is 13.4. The van der Waals surface area contributed by atoms with Gasteiger partial charge in [0.15, 0.2) is 0 Å². The van der Waals surface area contributed by atoms with E-state index in [1.54, 1.807) is 0 Å². The molecule has 0 spiro atoms. The zero-order valence-electron chi connectivity index (χ0n) is 32.6. The molecule has 0 atom stereocenters. The standard InChI is InChI=1S/C55H39N3Si/c1-59(41-32-26-38(27-33-41)56-50-20-8-2-14-44(50)45-15-3-9-21-51(45)56,42-34-28-39(29-35-42)57-52-22-10-4-16-46(52)47-17-5-11-23-53(47)57)43-36-30-40(31-37-43)58-54-24-12-6-18-48(54)49-19-7-13-25-55(49)58/h2-37H,1H3. The van der Waals surface area contributed by atoms with Gasteiger partial charge in [-0.2, -0.15) is 0 Å². The number of benzene rings is 9. The normalized spacial score (nSPS) is 12.2. The van der Waals surface area contributed by atoms with E-state index >= 15 is 0 Å². The van der Waals surface area contributed by atoms with E-state index in [4.69, 9.17) is 0 Å². The van der Waals surface area contributed by atoms with Crippen LogP contribution in [0.3, 0.4) is 0 Å². The van der Waals surface area contributed by atoms with Crippen LogP contribution in [0.1, 0.15) is 0 Å². The lowest BCUT2D eigenvalue weighted by Gasteiger charge is -2.30. The second-order valence-corrected chi connectivity index (χ2v) is 19.9. The summed E-state index contributed by atoms with van der Waals surface area (Å²) >= 11 is 0. The van der Waals surface area contributed by atoms with Crippen molar-refractivity contribution in [2.45, 2.75) is 6.55 Å². The first kappa shape index (κ1) is 33.7. The Bertz CT molecular complexity index is 3010. The van der Waals surface area contributed by atoms with E-state index in [1.807, 2.05) is 0 Å². The van der Waals surface area contributed by atoms with Crippen LogP contribution in [-0.4, -0.2) is 21.8 Å². The van der Waals surface area contributed by atoms with Gasteiger partial charge in [0.25, 0.3) is 0 Å². The molecule has 0 amide bonds. The topological polar surface area (TPSA) is 14.8 Å². The molecule has 12 aromatic rings. The summed E-state index contributed by atoms with van der Waals surface area (Å²) in [5.74, 6) is 0. The maximum Gasteiger partial charge on any atom is 0.145 e. The minimum atomic E-state index is -2.55. The summed E-state index contributed by atoms with van der Waals surface area (Å²) in [6.07, 6.45) is 0. The summed E-state index contributed by atoms with van der Waals surface area (Å²) in [5, 5.41) is 11.8. The predicted molar refractivity (Wildman–Crippen MR) is 253 cm³/mol. The van der Waals surface area contributed by atoms with Crippen molar-refractivity contribution < 1.29 is 0 Å². The Morgan fingerprint density at radius 2 is 0.424 bits per heavy atom. The van der Waals surface area contributed by atoms with E-state index in [9.17, 15) is 0 Å². The van der Waals surface area contributed by atoms with Crippen LogP contribution in [0.15, 0.2) is 218 Å². The van der Waals surface area contributed by atoms with E-state index in [0.29, 0.717) is 0 Å². The lowest BCUT2D eigenvalue weighted by Crippen LogP contribution is -2.64. The summed E-state index contributed by atoms with van der Waals surface area (Å²) in [7, 11) is -2.55. The molecule has 278 valence electrons. The molecule has 0 radical (unpaired) electrons. The maximum absolute atomic E-state index is 2.55. The highest BCUT2D eigenvalue weighted by Crippen LogP contribution is 2.34. The van der Waals surface area contributed by atoms with Gasteiger partial charge in [-0.15, -0.1) is 0 Å². The van der Waals surface area contributed by atoms with Gasteiger partial charge in [0, 0.05) is 49.4 Å². The Kier molecular flexibility index (Phi) is 7.47. The molecule has 9 aromatic carbocycles. The fourth-order valence-electron chi connectivity index (χ4n) is 9.93. The average Bonchev–Trinajstić information content (AvgIpc) is 3.95. The minimum absolute atomic E-state index is 1.17. The average molecular weight is 770 g/mol. The van der Waals surface area contributed by atoms with Gasteiger partial charge in [-0.25, -0.2) is 0 Å². The quantitative estimate of drug-likeness (QED) is 0.118. The maximum atomic E-state index is 2.52. The second-order valence-electron chi connectivity index (χ2n) is 15.9. The van der Waals surface area contributed by atoms with Gasteiger partial charge in [0.05, 0.1) is 33.1 Å². The molecule has 0 saturated heterocycles. The minimum Gasteiger partial charge on any atom is -0.309 e. The van der Waals surface area contributed by atoms with Crippen molar-refractivity contribution in [1.29, 1.82) is 0 Å². The van der Waals surface area contributed by atoms with Crippen LogP contribution in [-0.2, 0) is 0 Å². The van der Waals surface area contributed by atoms with Crippen molar-refractivity contribution in [3.05, 3.63) is 218 Å². The van der Waals surface area contributed by atoms with Gasteiger partial charge < -0.3 is 13.7 Å². The first-order valence-corrected chi connectivity index (χ1v) is 22.9. The van der Waals surface area contributed by atoms with Crippen molar-refractivity contribution in [3.63, 3.8) is 0 Å². The molecule has 3 heterocycles. The van der Waals surface area contributed by atoms with Gasteiger partial charge in [0.2, 0.25) is 0 Å². The third-order valence-corrected chi connectivity index (χ3v) is 17.3. The Labute approximate surface area is 343 Å². The number of nitrogens with zero attached hydrogens (tertiary/aromatic N) is 3. The molecule has 0 bridgehead atoms. The Morgan fingerprint density at radius 1 is 0.237 bits per heavy atom. The molecule has 3 aromatic heterocycles. The van der Waals surface area contributed by atoms with Crippen molar-refractivity contribution in [1.82, 2.24) is 13.7 Å². The highest BCUT2D eigenvalue weighted by molar-refractivity contribution is 7.10. The molecule has 0 aliphatic carbocycles. The summed E-state index contributed by atoms with van der Waals surface area (Å²) < 4.78 is 7.23. The first-order valence-electron chi connectivity index (χ1n) is 20.4. The molecule has 12 rings (SSSR count). The first-order chi connectivity index (χ1) is 29.2. The van der Waals surface area contributed by atoms with Gasteiger partial charge >= 0.3 is 0 Å². The number of fused-ring (bicyclic) bond motifs is 9. The van der Waals surface area contributed by atoms with E-state index in [0.717, 1.165) is 0 Å². The molecule has 0 unspecified atom stereocenters. The predicted octanol–water partition coefficient (Wildman–Crippen LogP) is 12.1. The number of aromatic nitrogens is 3. The molecular formula is C55H39N3Si. The van der Waals surface area contributed by atoms with E-state index < -0.39 is 8.07 Å². The number of hydrogen-bond donors (Lipinski definition) is 0. The zero-order valence-corrected chi connectivity index (χ0v) is 33.6. The number of para-hydroxylation sites is 6. The van der Waals surface area contributed by atoms with Crippen LogP contribution in [0.2, 0.25) is 6.55 Å². The van der Waals surface area contributed by atoms with E-state index in [1.165, 1.54) is 98.0 Å². The van der Waals surface area contributed by atoms with Gasteiger partial charge in [-0.3, -0.25) is 0 Å². The SMILES string of the molecule is C[Si](c1ccc(-n2c3ccccc3c3ccccc32)cc1)(c1ccc(-n2c3ccccc3c3ccccc32)cc1)c1ccc(-n2c3ccccc3c3ccccc32)cc1. The molecule has 4 heteroatoms. The van der Waals surface area contributed by atoms with E-state index in [-0.39, 0.29) is 0 Å². The third-order valence-electron chi connectivity index (χ3n) is 12.8. The summed E-state index contributed by atoms with van der Waals surface area (Å²) in [4.78, 5) is 0. The fraction of sp³-hybridized carbons (Fsp3) is 0.0182. The number of rotatable bonds is 6. The highest BCUT2D eigenvalue weighted by Gasteiger charge is 2.34. The smallest absolute Gasteiger partial charge is 0.145 e. The highest BCUT2D eigenvalue weighted by atomic mass is 28.3. The molecular weight excluding hydrogens is 731 g/mol. The molecule has 0 N–H and O–H groups in total. The van der Waals surface area contributed by atoms with Crippen LogP contribution in [0, 0.1) is 0 Å².